The van der Waals surface area contributed by atoms with Gasteiger partial charge in [-0.15, -0.1) is 0 Å². The molecule has 1 aliphatic heterocycles. The van der Waals surface area contributed by atoms with Crippen LogP contribution in [0.15, 0.2) is 0 Å². The van der Waals surface area contributed by atoms with Gasteiger partial charge in [-0.05, 0) is 0 Å². The van der Waals surface area contributed by atoms with Crippen LogP contribution in [0.4, 0.5) is 13.2 Å². The molecule has 2 N–H and O–H groups in total. The molecular formula is C7H8F3NO5S. The summed E-state index contributed by atoms with van der Waals surface area (Å²) in [7, 11) is -3.57. The van der Waals surface area contributed by atoms with Gasteiger partial charge >= 0.3 is 18.1 Å². The lowest BCUT2D eigenvalue weighted by Gasteiger charge is -2.40. The fourth-order valence-electron chi connectivity index (χ4n) is 1.62. The molecule has 0 aromatic rings. The summed E-state index contributed by atoms with van der Waals surface area (Å²) < 4.78 is 57.7. The number of hydrogen-bond donors (Lipinski definition) is 2. The van der Waals surface area contributed by atoms with Crippen molar-refractivity contribution in [1.82, 2.24) is 5.32 Å². The fraction of sp³-hybridized carbons (Fsp3) is 0.714. The Morgan fingerprint density at radius 3 is 2.06 bits per heavy atom. The molecule has 1 fully saturated rings. The number of nitrogens with one attached hydrogen (secondary N) is 1. The second-order valence-corrected chi connectivity index (χ2v) is 5.90. The van der Waals surface area contributed by atoms with Crippen molar-refractivity contribution in [2.24, 2.45) is 0 Å². The van der Waals surface area contributed by atoms with E-state index in [1.165, 1.54) is 5.32 Å². The summed E-state index contributed by atoms with van der Waals surface area (Å²) in [6.45, 7) is 0. The maximum atomic E-state index is 12.0. The van der Waals surface area contributed by atoms with Crippen molar-refractivity contribution in [2.75, 3.05) is 11.5 Å². The molecule has 0 aromatic carbocycles. The summed E-state index contributed by atoms with van der Waals surface area (Å²) >= 11 is 0. The fourth-order valence-corrected chi connectivity index (χ4v) is 3.57. The second-order valence-electron chi connectivity index (χ2n) is 3.83. The van der Waals surface area contributed by atoms with E-state index >= 15 is 0 Å². The highest BCUT2D eigenvalue weighted by molar-refractivity contribution is 7.93. The van der Waals surface area contributed by atoms with Gasteiger partial charge in [-0.2, -0.15) is 13.2 Å². The zero-order valence-electron chi connectivity index (χ0n) is 8.24. The molecule has 0 bridgehead atoms. The maximum Gasteiger partial charge on any atom is 0.471 e. The van der Waals surface area contributed by atoms with Crippen LogP contribution in [0.3, 0.4) is 0 Å². The van der Waals surface area contributed by atoms with Gasteiger partial charge in [0, 0.05) is 0 Å². The monoisotopic (exact) mass is 275 g/mol. The third kappa shape index (κ3) is 3.32. The molecule has 0 unspecified atom stereocenters. The van der Waals surface area contributed by atoms with Crippen LogP contribution in [0.2, 0.25) is 0 Å². The zero-order valence-corrected chi connectivity index (χ0v) is 9.06. The van der Waals surface area contributed by atoms with E-state index in [0.29, 0.717) is 0 Å². The first-order chi connectivity index (χ1) is 7.46. The maximum absolute atomic E-state index is 12.0. The molecule has 0 aliphatic carbocycles. The largest absolute Gasteiger partial charge is 0.481 e. The van der Waals surface area contributed by atoms with E-state index in [1.54, 1.807) is 0 Å². The van der Waals surface area contributed by atoms with Crippen molar-refractivity contribution in [3.05, 3.63) is 0 Å². The van der Waals surface area contributed by atoms with E-state index in [0.717, 1.165) is 0 Å². The van der Waals surface area contributed by atoms with Gasteiger partial charge in [0.25, 0.3) is 0 Å². The summed E-state index contributed by atoms with van der Waals surface area (Å²) in [6.07, 6.45) is -6.04. The van der Waals surface area contributed by atoms with E-state index in [4.69, 9.17) is 5.11 Å². The Bertz CT molecular complexity index is 443. The Morgan fingerprint density at radius 1 is 1.29 bits per heavy atom. The lowest BCUT2D eigenvalue weighted by Crippen LogP contribution is -2.67. The Morgan fingerprint density at radius 2 is 1.76 bits per heavy atom. The first-order valence-electron chi connectivity index (χ1n) is 4.27. The van der Waals surface area contributed by atoms with Crippen LogP contribution in [-0.2, 0) is 19.4 Å². The van der Waals surface area contributed by atoms with Crippen molar-refractivity contribution >= 4 is 21.7 Å². The summed E-state index contributed by atoms with van der Waals surface area (Å²) in [4.78, 5) is 21.1. The number of sulfone groups is 1. The average molecular weight is 275 g/mol. The number of amides is 1. The predicted octanol–water partition coefficient (Wildman–Crippen LogP) is -0.693. The quantitative estimate of drug-likeness (QED) is 0.709. The minimum Gasteiger partial charge on any atom is -0.481 e. The number of carbonyl (C=O) groups excluding carboxylic acids is 1. The van der Waals surface area contributed by atoms with Gasteiger partial charge in [0.15, 0.2) is 9.84 Å². The van der Waals surface area contributed by atoms with Gasteiger partial charge < -0.3 is 10.4 Å². The van der Waals surface area contributed by atoms with Gasteiger partial charge in [-0.1, -0.05) is 0 Å². The number of rotatable bonds is 3. The molecule has 1 rings (SSSR count). The number of halogens is 3. The lowest BCUT2D eigenvalue weighted by molar-refractivity contribution is -0.175. The highest BCUT2D eigenvalue weighted by atomic mass is 32.2. The van der Waals surface area contributed by atoms with Gasteiger partial charge in [-0.25, -0.2) is 8.42 Å². The van der Waals surface area contributed by atoms with Crippen molar-refractivity contribution in [3.63, 3.8) is 0 Å². The first kappa shape index (κ1) is 13.7. The van der Waals surface area contributed by atoms with Gasteiger partial charge in [0.05, 0.1) is 23.5 Å². The van der Waals surface area contributed by atoms with Gasteiger partial charge in [0.2, 0.25) is 0 Å². The smallest absolute Gasteiger partial charge is 0.471 e. The molecule has 98 valence electrons. The SMILES string of the molecule is O=C(O)CC1(NC(=O)C(F)(F)F)CS(=O)(=O)C1. The molecule has 17 heavy (non-hydrogen) atoms. The molecule has 0 saturated carbocycles. The zero-order chi connectivity index (χ0) is 13.5. The molecule has 0 atom stereocenters. The number of alkyl halides is 3. The highest BCUT2D eigenvalue weighted by Crippen LogP contribution is 2.29. The number of hydrogen-bond acceptors (Lipinski definition) is 4. The molecule has 1 aliphatic rings. The molecule has 1 saturated heterocycles. The number of carboxylic acid groups (broad SMARTS) is 1. The Kier molecular flexibility index (Phi) is 3.12. The minimum atomic E-state index is -5.18. The Labute approximate surface area is 93.7 Å². The van der Waals surface area contributed by atoms with Crippen molar-refractivity contribution in [2.45, 2.75) is 18.1 Å². The highest BCUT2D eigenvalue weighted by Gasteiger charge is 2.54. The minimum absolute atomic E-state index is 0.798. The first-order valence-corrected chi connectivity index (χ1v) is 6.10. The third-order valence-electron chi connectivity index (χ3n) is 2.12. The molecule has 0 aromatic heterocycles. The van der Waals surface area contributed by atoms with Crippen molar-refractivity contribution in [3.8, 4) is 0 Å². The van der Waals surface area contributed by atoms with Crippen LogP contribution in [-0.4, -0.2) is 48.6 Å². The van der Waals surface area contributed by atoms with Crippen LogP contribution < -0.4 is 5.32 Å². The standard InChI is InChI=1S/C7H8F3NO5S/c8-7(9,10)5(14)11-6(1-4(12)13)2-17(15,16)3-6/h1-3H2,(H,11,14)(H,12,13). The number of carbonyl (C=O) groups is 2. The van der Waals surface area contributed by atoms with Crippen LogP contribution in [0.1, 0.15) is 6.42 Å². The number of carboxylic acids is 1. The Hall–Kier alpha value is -1.32. The topological polar surface area (TPSA) is 101 Å². The lowest BCUT2D eigenvalue weighted by atomic mass is 9.99. The molecule has 6 nitrogen and oxygen atoms in total. The van der Waals surface area contributed by atoms with E-state index in [2.05, 4.69) is 0 Å². The van der Waals surface area contributed by atoms with E-state index in [-0.39, 0.29) is 0 Å². The molecule has 10 heteroatoms. The summed E-state index contributed by atoms with van der Waals surface area (Å²) in [5, 5.41) is 9.91. The van der Waals surface area contributed by atoms with Crippen LogP contribution in [0.25, 0.3) is 0 Å². The molecule has 1 amide bonds. The molecular weight excluding hydrogens is 267 g/mol. The molecule has 0 radical (unpaired) electrons. The second kappa shape index (κ2) is 3.86. The summed E-state index contributed by atoms with van der Waals surface area (Å²) in [5.41, 5.74) is -1.85. The van der Waals surface area contributed by atoms with Crippen LogP contribution >= 0.6 is 0 Å². The predicted molar refractivity (Wildman–Crippen MR) is 47.8 cm³/mol. The van der Waals surface area contributed by atoms with Crippen LogP contribution in [0.5, 0.6) is 0 Å². The Balaban J connectivity index is 2.81. The van der Waals surface area contributed by atoms with Crippen molar-refractivity contribution in [1.29, 1.82) is 0 Å². The molecule has 1 heterocycles. The van der Waals surface area contributed by atoms with Gasteiger partial charge in [0.1, 0.15) is 0 Å². The van der Waals surface area contributed by atoms with E-state index < -0.39 is 51.4 Å². The number of aliphatic carboxylic acids is 1. The van der Waals surface area contributed by atoms with Gasteiger partial charge in [-0.3, -0.25) is 9.59 Å². The van der Waals surface area contributed by atoms with E-state index in [1.807, 2.05) is 0 Å². The summed E-state index contributed by atoms with van der Waals surface area (Å²) in [5.74, 6) is -5.42. The third-order valence-corrected chi connectivity index (χ3v) is 4.10. The van der Waals surface area contributed by atoms with Crippen molar-refractivity contribution < 1.29 is 36.3 Å². The van der Waals surface area contributed by atoms with Crippen LogP contribution in [0, 0.1) is 0 Å². The normalized spacial score (nSPS) is 21.4. The summed E-state index contributed by atoms with van der Waals surface area (Å²) in [6, 6.07) is 0. The average Bonchev–Trinajstić information content (AvgIpc) is 1.95. The molecule has 0 spiro atoms. The van der Waals surface area contributed by atoms with E-state index in [9.17, 15) is 31.2 Å².